The van der Waals surface area contributed by atoms with Crippen LogP contribution in [0.1, 0.15) is 22.8 Å². The molecule has 0 aliphatic heterocycles. The molecule has 0 aliphatic carbocycles. The summed E-state index contributed by atoms with van der Waals surface area (Å²) in [5, 5.41) is 2.29. The van der Waals surface area contributed by atoms with Gasteiger partial charge in [0.05, 0.1) is 25.3 Å². The normalized spacial score (nSPS) is 12.1. The lowest BCUT2D eigenvalue weighted by Gasteiger charge is -2.15. The standard InChI is InChI=1S/C19H18F3NO5/c1-11(17(24)23-14-6-4-5-13(9-14)19(20,21)22)28-18(25)12-7-15(26-2)10-16(8-12)27-3/h4-11H,1-3H3,(H,23,24)/t11-/m0/s1. The lowest BCUT2D eigenvalue weighted by atomic mass is 10.2. The Kier molecular flexibility index (Phi) is 6.50. The van der Waals surface area contributed by atoms with Gasteiger partial charge >= 0.3 is 12.1 Å². The van der Waals surface area contributed by atoms with Crippen molar-refractivity contribution < 1.29 is 37.0 Å². The van der Waals surface area contributed by atoms with E-state index in [4.69, 9.17) is 14.2 Å². The summed E-state index contributed by atoms with van der Waals surface area (Å²) in [5.74, 6) is -0.883. The smallest absolute Gasteiger partial charge is 0.416 e. The predicted octanol–water partition coefficient (Wildman–Crippen LogP) is 3.91. The molecule has 0 saturated heterocycles. The number of benzene rings is 2. The highest BCUT2D eigenvalue weighted by molar-refractivity contribution is 5.97. The molecule has 28 heavy (non-hydrogen) atoms. The minimum Gasteiger partial charge on any atom is -0.497 e. The van der Waals surface area contributed by atoms with E-state index in [0.29, 0.717) is 11.5 Å². The Bertz CT molecular complexity index is 845. The van der Waals surface area contributed by atoms with Crippen LogP contribution in [-0.2, 0) is 15.7 Å². The molecule has 0 saturated carbocycles. The van der Waals surface area contributed by atoms with Crippen molar-refractivity contribution in [3.63, 3.8) is 0 Å². The van der Waals surface area contributed by atoms with Crippen molar-refractivity contribution in [1.29, 1.82) is 0 Å². The van der Waals surface area contributed by atoms with Crippen LogP contribution in [0.3, 0.4) is 0 Å². The van der Waals surface area contributed by atoms with Crippen molar-refractivity contribution in [2.45, 2.75) is 19.2 Å². The lowest BCUT2D eigenvalue weighted by molar-refractivity contribution is -0.137. The van der Waals surface area contributed by atoms with E-state index in [1.165, 1.54) is 39.3 Å². The van der Waals surface area contributed by atoms with E-state index < -0.39 is 29.7 Å². The Balaban J connectivity index is 2.07. The minimum atomic E-state index is -4.54. The summed E-state index contributed by atoms with van der Waals surface area (Å²) in [6, 6.07) is 8.51. The van der Waals surface area contributed by atoms with Gasteiger partial charge in [-0.1, -0.05) is 6.07 Å². The number of anilines is 1. The van der Waals surface area contributed by atoms with Crippen LogP contribution in [-0.4, -0.2) is 32.2 Å². The number of carbonyl (C=O) groups is 2. The molecule has 0 spiro atoms. The molecule has 0 radical (unpaired) electrons. The summed E-state index contributed by atoms with van der Waals surface area (Å²) in [6.45, 7) is 1.30. The summed E-state index contributed by atoms with van der Waals surface area (Å²) < 4.78 is 53.4. The van der Waals surface area contributed by atoms with E-state index in [1.807, 2.05) is 0 Å². The monoisotopic (exact) mass is 397 g/mol. The van der Waals surface area contributed by atoms with Crippen molar-refractivity contribution in [2.75, 3.05) is 19.5 Å². The maximum atomic E-state index is 12.7. The summed E-state index contributed by atoms with van der Waals surface area (Å²) in [6.07, 6.45) is -5.79. The molecule has 0 aliphatic rings. The number of ether oxygens (including phenoxy) is 3. The van der Waals surface area contributed by atoms with E-state index in [9.17, 15) is 22.8 Å². The van der Waals surface area contributed by atoms with Crippen molar-refractivity contribution in [3.8, 4) is 11.5 Å². The number of alkyl halides is 3. The van der Waals surface area contributed by atoms with E-state index in [1.54, 1.807) is 6.07 Å². The number of rotatable bonds is 6. The summed E-state index contributed by atoms with van der Waals surface area (Å²) >= 11 is 0. The highest BCUT2D eigenvalue weighted by Crippen LogP contribution is 2.30. The molecule has 0 bridgehead atoms. The van der Waals surface area contributed by atoms with E-state index in [2.05, 4.69) is 5.32 Å². The van der Waals surface area contributed by atoms with Crippen LogP contribution < -0.4 is 14.8 Å². The van der Waals surface area contributed by atoms with Gasteiger partial charge in [-0.25, -0.2) is 4.79 Å². The van der Waals surface area contributed by atoms with Gasteiger partial charge in [0.2, 0.25) is 0 Å². The van der Waals surface area contributed by atoms with Crippen LogP contribution in [0.5, 0.6) is 11.5 Å². The molecule has 2 aromatic carbocycles. The Morgan fingerprint density at radius 2 is 1.61 bits per heavy atom. The van der Waals surface area contributed by atoms with Crippen LogP contribution in [0, 0.1) is 0 Å². The lowest BCUT2D eigenvalue weighted by Crippen LogP contribution is -2.30. The first kappa shape index (κ1) is 21.1. The largest absolute Gasteiger partial charge is 0.497 e. The number of hydrogen-bond donors (Lipinski definition) is 1. The quantitative estimate of drug-likeness (QED) is 0.749. The second-order valence-corrected chi connectivity index (χ2v) is 5.72. The van der Waals surface area contributed by atoms with Crippen LogP contribution in [0.4, 0.5) is 18.9 Å². The van der Waals surface area contributed by atoms with Crippen LogP contribution >= 0.6 is 0 Å². The number of esters is 1. The number of amides is 1. The molecular formula is C19H18F3NO5. The van der Waals surface area contributed by atoms with Crippen molar-refractivity contribution in [1.82, 2.24) is 0 Å². The number of methoxy groups -OCH3 is 2. The Morgan fingerprint density at radius 3 is 2.14 bits per heavy atom. The van der Waals surface area contributed by atoms with Crippen molar-refractivity contribution in [2.24, 2.45) is 0 Å². The fourth-order valence-electron chi connectivity index (χ4n) is 2.22. The van der Waals surface area contributed by atoms with Gasteiger partial charge in [-0.2, -0.15) is 13.2 Å². The highest BCUT2D eigenvalue weighted by Gasteiger charge is 2.30. The Labute approximate surface area is 159 Å². The zero-order chi connectivity index (χ0) is 20.9. The highest BCUT2D eigenvalue weighted by atomic mass is 19.4. The fourth-order valence-corrected chi connectivity index (χ4v) is 2.22. The van der Waals surface area contributed by atoms with Crippen LogP contribution in [0.2, 0.25) is 0 Å². The van der Waals surface area contributed by atoms with E-state index in [-0.39, 0.29) is 11.3 Å². The molecule has 1 atom stereocenters. The average molecular weight is 397 g/mol. The summed E-state index contributed by atoms with van der Waals surface area (Å²) in [4.78, 5) is 24.4. The number of halogens is 3. The molecule has 2 aromatic rings. The number of hydrogen-bond acceptors (Lipinski definition) is 5. The average Bonchev–Trinajstić information content (AvgIpc) is 2.66. The topological polar surface area (TPSA) is 73.9 Å². The molecule has 150 valence electrons. The number of carbonyl (C=O) groups excluding carboxylic acids is 2. The molecule has 1 amide bonds. The first-order valence-corrected chi connectivity index (χ1v) is 8.06. The SMILES string of the molecule is COc1cc(OC)cc(C(=O)O[C@@H](C)C(=O)Nc2cccc(C(F)(F)F)c2)c1. The molecule has 2 rings (SSSR count). The molecule has 1 N–H and O–H groups in total. The van der Waals surface area contributed by atoms with Gasteiger partial charge in [-0.15, -0.1) is 0 Å². The van der Waals surface area contributed by atoms with Gasteiger partial charge in [-0.3, -0.25) is 4.79 Å². The second kappa shape index (κ2) is 8.64. The fraction of sp³-hybridized carbons (Fsp3) is 0.263. The van der Waals surface area contributed by atoms with Crippen molar-refractivity contribution in [3.05, 3.63) is 53.6 Å². The van der Waals surface area contributed by atoms with E-state index >= 15 is 0 Å². The third-order valence-electron chi connectivity index (χ3n) is 3.70. The van der Waals surface area contributed by atoms with Gasteiger partial charge in [0.15, 0.2) is 6.10 Å². The molecule has 9 heteroatoms. The predicted molar refractivity (Wildman–Crippen MR) is 94.5 cm³/mol. The molecule has 0 aromatic heterocycles. The van der Waals surface area contributed by atoms with Crippen LogP contribution in [0.15, 0.2) is 42.5 Å². The second-order valence-electron chi connectivity index (χ2n) is 5.72. The Hall–Kier alpha value is -3.23. The van der Waals surface area contributed by atoms with Gasteiger partial charge in [-0.05, 0) is 37.3 Å². The van der Waals surface area contributed by atoms with Gasteiger partial charge in [0.25, 0.3) is 5.91 Å². The van der Waals surface area contributed by atoms with Crippen molar-refractivity contribution >= 4 is 17.6 Å². The summed E-state index contributed by atoms with van der Waals surface area (Å²) in [5.41, 5.74) is -0.876. The first-order chi connectivity index (χ1) is 13.1. The molecule has 6 nitrogen and oxygen atoms in total. The zero-order valence-corrected chi connectivity index (χ0v) is 15.3. The third-order valence-corrected chi connectivity index (χ3v) is 3.70. The maximum Gasteiger partial charge on any atom is 0.416 e. The van der Waals surface area contributed by atoms with Gasteiger partial charge < -0.3 is 19.5 Å². The van der Waals surface area contributed by atoms with Gasteiger partial charge in [0.1, 0.15) is 11.5 Å². The zero-order valence-electron chi connectivity index (χ0n) is 15.3. The number of nitrogens with one attached hydrogen (secondary N) is 1. The molecule has 0 heterocycles. The van der Waals surface area contributed by atoms with Crippen LogP contribution in [0.25, 0.3) is 0 Å². The molecule has 0 fully saturated rings. The molecule has 0 unspecified atom stereocenters. The summed E-state index contributed by atoms with van der Waals surface area (Å²) in [7, 11) is 2.82. The Morgan fingerprint density at radius 1 is 1.00 bits per heavy atom. The minimum absolute atomic E-state index is 0.0641. The first-order valence-electron chi connectivity index (χ1n) is 8.06. The van der Waals surface area contributed by atoms with Gasteiger partial charge in [0, 0.05) is 11.8 Å². The maximum absolute atomic E-state index is 12.7. The van der Waals surface area contributed by atoms with E-state index in [0.717, 1.165) is 18.2 Å². The third kappa shape index (κ3) is 5.38. The molecular weight excluding hydrogens is 379 g/mol.